The first kappa shape index (κ1) is 13.8. The monoisotopic (exact) mass is 337 g/mol. The number of carbonyl (C=O) groups is 1. The van der Waals surface area contributed by atoms with Crippen LogP contribution in [0.3, 0.4) is 0 Å². The molecule has 0 aliphatic heterocycles. The molecule has 9 heteroatoms. The molecule has 0 spiro atoms. The van der Waals surface area contributed by atoms with E-state index in [2.05, 4.69) is 30.6 Å². The van der Waals surface area contributed by atoms with Crippen LogP contribution in [0.15, 0.2) is 17.0 Å². The van der Waals surface area contributed by atoms with E-state index in [1.807, 2.05) is 0 Å². The summed E-state index contributed by atoms with van der Waals surface area (Å²) >= 11 is 3.09. The molecule has 0 saturated carbocycles. The normalized spacial score (nSPS) is 11.8. The van der Waals surface area contributed by atoms with Gasteiger partial charge in [-0.05, 0) is 22.9 Å². The quantitative estimate of drug-likeness (QED) is 0.790. The molecule has 0 amide bonds. The van der Waals surface area contributed by atoms with Crippen molar-refractivity contribution in [2.45, 2.75) is 13.1 Å². The third kappa shape index (κ3) is 2.55. The van der Waals surface area contributed by atoms with Gasteiger partial charge in [-0.25, -0.2) is 14.8 Å². The minimum absolute atomic E-state index is 0.0285. The van der Waals surface area contributed by atoms with Crippen molar-refractivity contribution in [1.82, 2.24) is 14.4 Å². The Balaban J connectivity index is 2.69. The summed E-state index contributed by atoms with van der Waals surface area (Å²) in [4.78, 5) is 18.6. The van der Waals surface area contributed by atoms with Gasteiger partial charge in [0.05, 0.1) is 12.8 Å². The van der Waals surface area contributed by atoms with Gasteiger partial charge in [-0.3, -0.25) is 4.40 Å². The van der Waals surface area contributed by atoms with Crippen LogP contribution in [-0.2, 0) is 10.9 Å². The second kappa shape index (κ2) is 4.80. The first-order chi connectivity index (χ1) is 8.84. The van der Waals surface area contributed by atoms with Gasteiger partial charge in [0.15, 0.2) is 5.69 Å². The summed E-state index contributed by atoms with van der Waals surface area (Å²) in [5.41, 5.74) is -1.96. The lowest BCUT2D eigenvalue weighted by Gasteiger charge is -2.11. The van der Waals surface area contributed by atoms with E-state index in [0.717, 1.165) is 6.20 Å². The summed E-state index contributed by atoms with van der Waals surface area (Å²) < 4.78 is 44.8. The number of hydrogen-bond acceptors (Lipinski definition) is 4. The van der Waals surface area contributed by atoms with Crippen LogP contribution in [0, 0.1) is 0 Å². The van der Waals surface area contributed by atoms with Crippen LogP contribution in [0.25, 0.3) is 5.78 Å². The number of fused-ring (bicyclic) bond motifs is 1. The van der Waals surface area contributed by atoms with Crippen LogP contribution in [0.5, 0.6) is 0 Å². The van der Waals surface area contributed by atoms with Crippen molar-refractivity contribution in [2.24, 2.45) is 0 Å². The van der Waals surface area contributed by atoms with E-state index in [1.54, 1.807) is 0 Å². The second-order valence-electron chi connectivity index (χ2n) is 3.47. The van der Waals surface area contributed by atoms with E-state index in [9.17, 15) is 18.0 Å². The molecule has 0 aliphatic rings. The van der Waals surface area contributed by atoms with Crippen molar-refractivity contribution >= 4 is 27.7 Å². The number of nitrogens with zero attached hydrogens (tertiary/aromatic N) is 3. The maximum atomic E-state index is 12.9. The average Bonchev–Trinajstić information content (AvgIpc) is 2.68. The molecule has 2 rings (SSSR count). The van der Waals surface area contributed by atoms with E-state index in [4.69, 9.17) is 0 Å². The predicted molar refractivity (Wildman–Crippen MR) is 61.6 cm³/mol. The topological polar surface area (TPSA) is 56.5 Å². The SMILES string of the molecule is CCOC(=O)c1cn2c(Br)cnc2nc1C(F)(F)F. The number of ether oxygens (including phenoxy) is 1. The molecule has 0 aromatic carbocycles. The number of alkyl halides is 3. The predicted octanol–water partition coefficient (Wildman–Crippen LogP) is 2.69. The minimum atomic E-state index is -4.76. The smallest absolute Gasteiger partial charge is 0.434 e. The maximum Gasteiger partial charge on any atom is 0.434 e. The molecule has 19 heavy (non-hydrogen) atoms. The van der Waals surface area contributed by atoms with Crippen LogP contribution in [0.1, 0.15) is 23.0 Å². The first-order valence-corrected chi connectivity index (χ1v) is 5.91. The number of hydrogen-bond donors (Lipinski definition) is 0. The zero-order valence-electron chi connectivity index (χ0n) is 9.53. The molecule has 0 bridgehead atoms. The van der Waals surface area contributed by atoms with E-state index in [-0.39, 0.29) is 12.4 Å². The number of rotatable bonds is 2. The molecule has 0 radical (unpaired) electrons. The highest BCUT2D eigenvalue weighted by Crippen LogP contribution is 2.31. The van der Waals surface area contributed by atoms with Gasteiger partial charge in [-0.2, -0.15) is 13.2 Å². The number of esters is 1. The molecule has 0 N–H and O–H groups in total. The summed E-state index contributed by atoms with van der Waals surface area (Å²) in [6.07, 6.45) is -2.47. The zero-order valence-corrected chi connectivity index (χ0v) is 11.1. The molecule has 0 atom stereocenters. The molecular weight excluding hydrogens is 331 g/mol. The molecule has 0 unspecified atom stereocenters. The third-order valence-electron chi connectivity index (χ3n) is 2.22. The molecule has 5 nitrogen and oxygen atoms in total. The van der Waals surface area contributed by atoms with Gasteiger partial charge in [-0.15, -0.1) is 0 Å². The minimum Gasteiger partial charge on any atom is -0.462 e. The van der Waals surface area contributed by atoms with E-state index < -0.39 is 23.4 Å². The van der Waals surface area contributed by atoms with Gasteiger partial charge in [-0.1, -0.05) is 0 Å². The molecule has 0 fully saturated rings. The van der Waals surface area contributed by atoms with Crippen LogP contribution in [0.2, 0.25) is 0 Å². The van der Waals surface area contributed by atoms with E-state index >= 15 is 0 Å². The summed E-state index contributed by atoms with van der Waals surface area (Å²) in [6.45, 7) is 1.48. The average molecular weight is 338 g/mol. The Hall–Kier alpha value is -1.64. The fourth-order valence-electron chi connectivity index (χ4n) is 1.46. The Kier molecular flexibility index (Phi) is 3.48. The maximum absolute atomic E-state index is 12.9. The summed E-state index contributed by atoms with van der Waals surface area (Å²) in [5, 5.41) is 0. The molecule has 2 aromatic rings. The van der Waals surface area contributed by atoms with Crippen LogP contribution in [-0.4, -0.2) is 26.9 Å². The summed E-state index contributed by atoms with van der Waals surface area (Å²) in [6, 6.07) is 0. The van der Waals surface area contributed by atoms with Crippen LogP contribution in [0.4, 0.5) is 13.2 Å². The van der Waals surface area contributed by atoms with Crippen molar-refractivity contribution in [3.05, 3.63) is 28.3 Å². The third-order valence-corrected chi connectivity index (χ3v) is 2.81. The van der Waals surface area contributed by atoms with Crippen molar-refractivity contribution in [2.75, 3.05) is 6.61 Å². The molecular formula is C10H7BrF3N3O2. The first-order valence-electron chi connectivity index (χ1n) is 5.12. The van der Waals surface area contributed by atoms with Gasteiger partial charge in [0.25, 0.3) is 0 Å². The van der Waals surface area contributed by atoms with Crippen LogP contribution < -0.4 is 0 Å². The fourth-order valence-corrected chi connectivity index (χ4v) is 1.82. The van der Waals surface area contributed by atoms with E-state index in [1.165, 1.54) is 17.5 Å². The number of carbonyl (C=O) groups excluding carboxylic acids is 1. The largest absolute Gasteiger partial charge is 0.462 e. The Bertz CT molecular complexity index is 639. The van der Waals surface area contributed by atoms with Gasteiger partial charge in [0, 0.05) is 6.20 Å². The molecule has 0 saturated heterocycles. The molecule has 0 aliphatic carbocycles. The second-order valence-corrected chi connectivity index (χ2v) is 4.28. The van der Waals surface area contributed by atoms with Crippen molar-refractivity contribution in [3.63, 3.8) is 0 Å². The van der Waals surface area contributed by atoms with E-state index in [0.29, 0.717) is 4.60 Å². The Morgan fingerprint density at radius 1 is 1.53 bits per heavy atom. The lowest BCUT2D eigenvalue weighted by Crippen LogP contribution is -2.18. The number of imidazole rings is 1. The lowest BCUT2D eigenvalue weighted by atomic mass is 10.2. The molecule has 2 aromatic heterocycles. The fraction of sp³-hybridized carbons (Fsp3) is 0.300. The van der Waals surface area contributed by atoms with Gasteiger partial charge in [0.2, 0.25) is 5.78 Å². The summed E-state index contributed by atoms with van der Waals surface area (Å²) in [7, 11) is 0. The van der Waals surface area contributed by atoms with Crippen molar-refractivity contribution in [3.8, 4) is 0 Å². The van der Waals surface area contributed by atoms with Gasteiger partial charge < -0.3 is 4.74 Å². The van der Waals surface area contributed by atoms with Crippen molar-refractivity contribution < 1.29 is 22.7 Å². The molecule has 102 valence electrons. The summed E-state index contributed by atoms with van der Waals surface area (Å²) in [5.74, 6) is -1.24. The highest BCUT2D eigenvalue weighted by molar-refractivity contribution is 9.10. The number of aromatic nitrogens is 3. The number of halogens is 4. The van der Waals surface area contributed by atoms with Gasteiger partial charge in [0.1, 0.15) is 10.2 Å². The molecule has 2 heterocycles. The lowest BCUT2D eigenvalue weighted by molar-refractivity contribution is -0.141. The standard InChI is InChI=1S/C10H7BrF3N3O2/c1-2-19-8(18)5-4-17-6(11)3-15-9(17)16-7(5)10(12,13)14/h3-4H,2H2,1H3. The zero-order chi connectivity index (χ0) is 14.2. The van der Waals surface area contributed by atoms with Crippen LogP contribution >= 0.6 is 15.9 Å². The Morgan fingerprint density at radius 3 is 2.79 bits per heavy atom. The Labute approximate surface area is 113 Å². The van der Waals surface area contributed by atoms with Crippen molar-refractivity contribution in [1.29, 1.82) is 0 Å². The highest BCUT2D eigenvalue weighted by atomic mass is 79.9. The Morgan fingerprint density at radius 2 is 2.21 bits per heavy atom. The highest BCUT2D eigenvalue weighted by Gasteiger charge is 2.38. The van der Waals surface area contributed by atoms with Gasteiger partial charge >= 0.3 is 12.1 Å².